The third-order valence-corrected chi connectivity index (χ3v) is 2.98. The molecule has 0 radical (unpaired) electrons. The highest BCUT2D eigenvalue weighted by molar-refractivity contribution is 5.89. The monoisotopic (exact) mass is 315 g/mol. The van der Waals surface area contributed by atoms with Crippen LogP contribution < -0.4 is 9.47 Å². The number of rotatable bonds is 7. The Kier molecular flexibility index (Phi) is 5.99. The first-order valence-corrected chi connectivity index (χ1v) is 6.95. The number of esters is 1. The Morgan fingerprint density at radius 1 is 1.13 bits per heavy atom. The molecular formula is C17H17NO5. The highest BCUT2D eigenvalue weighted by atomic mass is 16.6. The zero-order chi connectivity index (χ0) is 16.5. The number of methoxy groups -OCH3 is 1. The van der Waals surface area contributed by atoms with Crippen LogP contribution in [0.2, 0.25) is 0 Å². The first-order chi connectivity index (χ1) is 11.2. The van der Waals surface area contributed by atoms with Gasteiger partial charge in [-0.3, -0.25) is 0 Å². The lowest BCUT2D eigenvalue weighted by molar-refractivity contribution is 0.0449. The van der Waals surface area contributed by atoms with Gasteiger partial charge in [-0.1, -0.05) is 23.4 Å². The summed E-state index contributed by atoms with van der Waals surface area (Å²) in [6, 6.07) is 13.8. The van der Waals surface area contributed by atoms with Crippen molar-refractivity contribution in [2.45, 2.75) is 0 Å². The van der Waals surface area contributed by atoms with Crippen LogP contribution in [0.3, 0.4) is 0 Å². The average Bonchev–Trinajstić information content (AvgIpc) is 2.60. The Labute approximate surface area is 133 Å². The Morgan fingerprint density at radius 2 is 1.91 bits per heavy atom. The molecule has 2 aromatic carbocycles. The Hall–Kier alpha value is -3.02. The summed E-state index contributed by atoms with van der Waals surface area (Å²) in [5, 5.41) is 11.5. The molecule has 120 valence electrons. The summed E-state index contributed by atoms with van der Waals surface area (Å²) in [7, 11) is 1.51. The first-order valence-electron chi connectivity index (χ1n) is 6.95. The Bertz CT molecular complexity index is 670. The number of carbonyl (C=O) groups is 1. The first kappa shape index (κ1) is 16.4. The number of nitrogens with zero attached hydrogens (tertiary/aromatic N) is 1. The van der Waals surface area contributed by atoms with E-state index in [0.29, 0.717) is 22.6 Å². The SMILES string of the molecule is COc1cc(/C=N\O)ccc1OCCOC(=O)c1ccccc1. The van der Waals surface area contributed by atoms with Gasteiger partial charge in [0.2, 0.25) is 0 Å². The van der Waals surface area contributed by atoms with Crippen molar-refractivity contribution in [1.82, 2.24) is 0 Å². The number of ether oxygens (including phenoxy) is 3. The van der Waals surface area contributed by atoms with Gasteiger partial charge in [0, 0.05) is 5.56 Å². The van der Waals surface area contributed by atoms with Crippen LogP contribution in [0.1, 0.15) is 15.9 Å². The van der Waals surface area contributed by atoms with Crippen molar-refractivity contribution in [1.29, 1.82) is 0 Å². The summed E-state index contributed by atoms with van der Waals surface area (Å²) in [4.78, 5) is 11.8. The van der Waals surface area contributed by atoms with Crippen LogP contribution in [-0.2, 0) is 4.74 Å². The van der Waals surface area contributed by atoms with Gasteiger partial charge in [-0.15, -0.1) is 0 Å². The van der Waals surface area contributed by atoms with E-state index in [1.54, 1.807) is 42.5 Å². The third-order valence-electron chi connectivity index (χ3n) is 2.98. The van der Waals surface area contributed by atoms with Crippen LogP contribution in [-0.4, -0.2) is 37.7 Å². The summed E-state index contributed by atoms with van der Waals surface area (Å²) >= 11 is 0. The molecule has 2 aromatic rings. The molecule has 0 saturated heterocycles. The van der Waals surface area contributed by atoms with E-state index in [4.69, 9.17) is 19.4 Å². The lowest BCUT2D eigenvalue weighted by Gasteiger charge is -2.11. The van der Waals surface area contributed by atoms with E-state index >= 15 is 0 Å². The highest BCUT2D eigenvalue weighted by Gasteiger charge is 2.08. The minimum absolute atomic E-state index is 0.122. The fourth-order valence-electron chi connectivity index (χ4n) is 1.89. The summed E-state index contributed by atoms with van der Waals surface area (Å²) in [6.45, 7) is 0.319. The molecule has 0 fully saturated rings. The molecule has 6 heteroatoms. The van der Waals surface area contributed by atoms with Crippen LogP contribution in [0.15, 0.2) is 53.7 Å². The predicted octanol–water partition coefficient (Wildman–Crippen LogP) is 2.74. The standard InChI is InChI=1S/C17H17NO5/c1-21-16-11-13(12-18-20)7-8-15(16)22-9-10-23-17(19)14-5-3-2-4-6-14/h2-8,11-12,20H,9-10H2,1H3/b18-12-. The average molecular weight is 315 g/mol. The molecule has 2 rings (SSSR count). The Balaban J connectivity index is 1.85. The van der Waals surface area contributed by atoms with Crippen LogP contribution in [0.25, 0.3) is 0 Å². The van der Waals surface area contributed by atoms with Gasteiger partial charge in [0.1, 0.15) is 13.2 Å². The quantitative estimate of drug-likeness (QED) is 0.279. The van der Waals surface area contributed by atoms with Gasteiger partial charge < -0.3 is 19.4 Å². The summed E-state index contributed by atoms with van der Waals surface area (Å²) < 4.78 is 15.9. The molecule has 0 aliphatic rings. The van der Waals surface area contributed by atoms with Crippen molar-refractivity contribution in [3.8, 4) is 11.5 Å². The summed E-state index contributed by atoms with van der Waals surface area (Å²) in [5.41, 5.74) is 1.17. The van der Waals surface area contributed by atoms with Gasteiger partial charge in [-0.2, -0.15) is 0 Å². The second kappa shape index (κ2) is 8.43. The van der Waals surface area contributed by atoms with E-state index in [1.807, 2.05) is 6.07 Å². The fraction of sp³-hybridized carbons (Fsp3) is 0.176. The molecule has 1 N–H and O–H groups in total. The topological polar surface area (TPSA) is 77.3 Å². The van der Waals surface area contributed by atoms with E-state index in [0.717, 1.165) is 0 Å². The molecule has 0 aliphatic carbocycles. The summed E-state index contributed by atoms with van der Waals surface area (Å²) in [6.07, 6.45) is 1.29. The molecule has 0 aliphatic heterocycles. The van der Waals surface area contributed by atoms with E-state index in [1.165, 1.54) is 13.3 Å². The second-order valence-electron chi connectivity index (χ2n) is 4.51. The van der Waals surface area contributed by atoms with Gasteiger partial charge in [0.05, 0.1) is 18.9 Å². The Morgan fingerprint density at radius 3 is 2.61 bits per heavy atom. The largest absolute Gasteiger partial charge is 0.493 e. The van der Waals surface area contributed by atoms with Crippen LogP contribution in [0.4, 0.5) is 0 Å². The van der Waals surface area contributed by atoms with E-state index in [9.17, 15) is 4.79 Å². The molecule has 0 spiro atoms. The van der Waals surface area contributed by atoms with Crippen LogP contribution >= 0.6 is 0 Å². The molecule has 0 saturated carbocycles. The highest BCUT2D eigenvalue weighted by Crippen LogP contribution is 2.27. The fourth-order valence-corrected chi connectivity index (χ4v) is 1.89. The lowest BCUT2D eigenvalue weighted by atomic mass is 10.2. The van der Waals surface area contributed by atoms with Gasteiger partial charge in [-0.05, 0) is 30.3 Å². The second-order valence-corrected chi connectivity index (χ2v) is 4.51. The van der Waals surface area contributed by atoms with E-state index < -0.39 is 5.97 Å². The molecule has 6 nitrogen and oxygen atoms in total. The molecule has 0 amide bonds. The number of benzene rings is 2. The molecule has 23 heavy (non-hydrogen) atoms. The molecular weight excluding hydrogens is 298 g/mol. The third kappa shape index (κ3) is 4.74. The molecule has 0 aromatic heterocycles. The van der Waals surface area contributed by atoms with Crippen LogP contribution in [0, 0.1) is 0 Å². The predicted molar refractivity (Wildman–Crippen MR) is 84.6 cm³/mol. The van der Waals surface area contributed by atoms with Crippen molar-refractivity contribution in [2.24, 2.45) is 5.16 Å². The van der Waals surface area contributed by atoms with Crippen molar-refractivity contribution in [3.63, 3.8) is 0 Å². The molecule has 0 unspecified atom stereocenters. The summed E-state index contributed by atoms with van der Waals surface area (Å²) in [5.74, 6) is 0.616. The molecule has 0 atom stereocenters. The number of oxime groups is 1. The van der Waals surface area contributed by atoms with E-state index in [-0.39, 0.29) is 13.2 Å². The zero-order valence-corrected chi connectivity index (χ0v) is 12.6. The van der Waals surface area contributed by atoms with Gasteiger partial charge >= 0.3 is 5.97 Å². The maximum atomic E-state index is 11.8. The van der Waals surface area contributed by atoms with Gasteiger partial charge in [0.15, 0.2) is 11.5 Å². The molecule has 0 heterocycles. The van der Waals surface area contributed by atoms with Crippen molar-refractivity contribution < 1.29 is 24.2 Å². The molecule has 0 bridgehead atoms. The van der Waals surface area contributed by atoms with Gasteiger partial charge in [-0.25, -0.2) is 4.79 Å². The number of carbonyl (C=O) groups excluding carboxylic acids is 1. The maximum absolute atomic E-state index is 11.8. The maximum Gasteiger partial charge on any atom is 0.338 e. The minimum Gasteiger partial charge on any atom is -0.493 e. The van der Waals surface area contributed by atoms with E-state index in [2.05, 4.69) is 5.16 Å². The van der Waals surface area contributed by atoms with Crippen molar-refractivity contribution in [2.75, 3.05) is 20.3 Å². The number of hydrogen-bond acceptors (Lipinski definition) is 6. The minimum atomic E-state index is -0.393. The smallest absolute Gasteiger partial charge is 0.338 e. The number of hydrogen-bond donors (Lipinski definition) is 1. The van der Waals surface area contributed by atoms with Gasteiger partial charge in [0.25, 0.3) is 0 Å². The van der Waals surface area contributed by atoms with Crippen molar-refractivity contribution in [3.05, 3.63) is 59.7 Å². The normalized spacial score (nSPS) is 10.5. The zero-order valence-electron chi connectivity index (χ0n) is 12.6. The van der Waals surface area contributed by atoms with Crippen molar-refractivity contribution >= 4 is 12.2 Å². The van der Waals surface area contributed by atoms with Crippen LogP contribution in [0.5, 0.6) is 11.5 Å². The lowest BCUT2D eigenvalue weighted by Crippen LogP contribution is -2.12.